The summed E-state index contributed by atoms with van der Waals surface area (Å²) < 4.78 is 0. The summed E-state index contributed by atoms with van der Waals surface area (Å²) >= 11 is 0. The van der Waals surface area contributed by atoms with Crippen molar-refractivity contribution in [3.05, 3.63) is 0 Å². The van der Waals surface area contributed by atoms with Crippen molar-refractivity contribution in [1.82, 2.24) is 10.2 Å². The molecule has 1 heterocycles. The molecule has 1 saturated heterocycles. The van der Waals surface area contributed by atoms with E-state index in [-0.39, 0.29) is 11.8 Å². The molecule has 1 amide bonds. The number of likely N-dealkylation sites (tertiary alicyclic amines) is 1. The predicted molar refractivity (Wildman–Crippen MR) is 62.7 cm³/mol. The van der Waals surface area contributed by atoms with E-state index in [0.717, 1.165) is 45.4 Å². The number of carbonyl (C=O) groups is 1. The molecule has 1 rings (SSSR count). The summed E-state index contributed by atoms with van der Waals surface area (Å²) in [6, 6.07) is 2.16. The number of hydrogen-bond donors (Lipinski definition) is 1. The second-order valence-corrected chi connectivity index (χ2v) is 4.32. The van der Waals surface area contributed by atoms with Gasteiger partial charge in [-0.05, 0) is 32.4 Å². The molecule has 0 saturated carbocycles. The van der Waals surface area contributed by atoms with Crippen molar-refractivity contribution in [3.63, 3.8) is 0 Å². The molecule has 1 aliphatic heterocycles. The second-order valence-electron chi connectivity index (χ2n) is 4.32. The van der Waals surface area contributed by atoms with Gasteiger partial charge in [-0.2, -0.15) is 5.26 Å². The molecule has 1 N–H and O–H groups in total. The molecule has 0 bridgehead atoms. The molecule has 16 heavy (non-hydrogen) atoms. The van der Waals surface area contributed by atoms with Gasteiger partial charge in [0.2, 0.25) is 5.91 Å². The topological polar surface area (TPSA) is 56.1 Å². The Labute approximate surface area is 97.6 Å². The largest absolute Gasteiger partial charge is 0.356 e. The summed E-state index contributed by atoms with van der Waals surface area (Å²) in [7, 11) is 0. The van der Waals surface area contributed by atoms with Gasteiger partial charge in [0, 0.05) is 25.4 Å². The maximum Gasteiger partial charge on any atom is 0.223 e. The van der Waals surface area contributed by atoms with Crippen LogP contribution in [0.3, 0.4) is 0 Å². The molecular formula is C12H21N3O. The Morgan fingerprint density at radius 3 is 2.75 bits per heavy atom. The van der Waals surface area contributed by atoms with Crippen LogP contribution in [0, 0.1) is 17.2 Å². The molecule has 0 radical (unpaired) electrons. The highest BCUT2D eigenvalue weighted by atomic mass is 16.1. The Balaban J connectivity index is 2.21. The minimum absolute atomic E-state index is 0.185. The molecule has 1 aliphatic rings. The van der Waals surface area contributed by atoms with Crippen molar-refractivity contribution in [2.24, 2.45) is 5.92 Å². The van der Waals surface area contributed by atoms with E-state index < -0.39 is 0 Å². The SMILES string of the molecule is CCCNC(=O)C1CCN(CCC#N)CC1. The number of piperidine rings is 1. The quantitative estimate of drug-likeness (QED) is 0.760. The number of carbonyl (C=O) groups excluding carboxylic acids is 1. The first-order valence-electron chi connectivity index (χ1n) is 6.15. The van der Waals surface area contributed by atoms with E-state index in [2.05, 4.69) is 23.2 Å². The Bertz CT molecular complexity index is 251. The Morgan fingerprint density at radius 2 is 2.19 bits per heavy atom. The first-order chi connectivity index (χ1) is 7.77. The van der Waals surface area contributed by atoms with Crippen LogP contribution in [0.4, 0.5) is 0 Å². The van der Waals surface area contributed by atoms with Crippen LogP contribution in [0.2, 0.25) is 0 Å². The number of nitriles is 1. The number of nitrogens with zero attached hydrogens (tertiary/aromatic N) is 2. The van der Waals surface area contributed by atoms with Crippen LogP contribution in [-0.4, -0.2) is 37.0 Å². The van der Waals surface area contributed by atoms with Crippen LogP contribution in [0.15, 0.2) is 0 Å². The minimum Gasteiger partial charge on any atom is -0.356 e. The van der Waals surface area contributed by atoms with Crippen LogP contribution in [0.1, 0.15) is 32.6 Å². The average Bonchev–Trinajstić information content (AvgIpc) is 2.34. The molecule has 4 nitrogen and oxygen atoms in total. The summed E-state index contributed by atoms with van der Waals surface area (Å²) in [6.45, 7) is 5.59. The van der Waals surface area contributed by atoms with Gasteiger partial charge >= 0.3 is 0 Å². The third kappa shape index (κ3) is 4.19. The second kappa shape index (κ2) is 7.24. The third-order valence-corrected chi connectivity index (χ3v) is 3.05. The zero-order valence-corrected chi connectivity index (χ0v) is 10.0. The van der Waals surface area contributed by atoms with Crippen molar-refractivity contribution >= 4 is 5.91 Å². The average molecular weight is 223 g/mol. The van der Waals surface area contributed by atoms with E-state index in [9.17, 15) is 4.79 Å². The first-order valence-corrected chi connectivity index (χ1v) is 6.15. The Hall–Kier alpha value is -1.08. The molecule has 0 aliphatic carbocycles. The zero-order valence-electron chi connectivity index (χ0n) is 10.0. The van der Waals surface area contributed by atoms with Crippen molar-refractivity contribution in [2.75, 3.05) is 26.2 Å². The maximum atomic E-state index is 11.7. The minimum atomic E-state index is 0.185. The van der Waals surface area contributed by atoms with Crippen LogP contribution < -0.4 is 5.32 Å². The molecule has 0 atom stereocenters. The highest BCUT2D eigenvalue weighted by Gasteiger charge is 2.24. The van der Waals surface area contributed by atoms with Gasteiger partial charge in [0.15, 0.2) is 0 Å². The van der Waals surface area contributed by atoms with Crippen LogP contribution >= 0.6 is 0 Å². The fourth-order valence-electron chi connectivity index (χ4n) is 2.02. The Morgan fingerprint density at radius 1 is 1.50 bits per heavy atom. The van der Waals surface area contributed by atoms with E-state index in [1.807, 2.05) is 0 Å². The molecule has 0 aromatic rings. The first kappa shape index (κ1) is 13.0. The summed E-state index contributed by atoms with van der Waals surface area (Å²) in [5.41, 5.74) is 0. The molecule has 4 heteroatoms. The standard InChI is InChI=1S/C12H21N3O/c1-2-7-14-12(16)11-4-9-15(10-5-11)8-3-6-13/h11H,2-5,7-10H2,1H3,(H,14,16). The fourth-order valence-corrected chi connectivity index (χ4v) is 2.02. The van der Waals surface area contributed by atoms with Crippen LogP contribution in [0.25, 0.3) is 0 Å². The lowest BCUT2D eigenvalue weighted by molar-refractivity contribution is -0.126. The lowest BCUT2D eigenvalue weighted by Gasteiger charge is -2.30. The zero-order chi connectivity index (χ0) is 11.8. The van der Waals surface area contributed by atoms with Gasteiger partial charge in [0.1, 0.15) is 0 Å². The Kier molecular flexibility index (Phi) is 5.87. The summed E-state index contributed by atoms with van der Waals surface area (Å²) in [5, 5.41) is 11.4. The molecule has 0 aromatic heterocycles. The lowest BCUT2D eigenvalue weighted by Crippen LogP contribution is -2.40. The van der Waals surface area contributed by atoms with E-state index >= 15 is 0 Å². The van der Waals surface area contributed by atoms with Crippen molar-refractivity contribution in [3.8, 4) is 6.07 Å². The molecule has 1 fully saturated rings. The lowest BCUT2D eigenvalue weighted by atomic mass is 9.96. The highest BCUT2D eigenvalue weighted by Crippen LogP contribution is 2.17. The smallest absolute Gasteiger partial charge is 0.223 e. The predicted octanol–water partition coefficient (Wildman–Crippen LogP) is 1.14. The molecular weight excluding hydrogens is 202 g/mol. The number of amides is 1. The van der Waals surface area contributed by atoms with Gasteiger partial charge in [-0.1, -0.05) is 6.92 Å². The fraction of sp³-hybridized carbons (Fsp3) is 0.833. The molecule has 0 spiro atoms. The number of nitrogens with one attached hydrogen (secondary N) is 1. The third-order valence-electron chi connectivity index (χ3n) is 3.05. The monoisotopic (exact) mass is 223 g/mol. The van der Waals surface area contributed by atoms with Crippen LogP contribution in [-0.2, 0) is 4.79 Å². The van der Waals surface area contributed by atoms with E-state index in [4.69, 9.17) is 5.26 Å². The number of hydrogen-bond acceptors (Lipinski definition) is 3. The van der Waals surface area contributed by atoms with E-state index in [1.165, 1.54) is 0 Å². The molecule has 0 unspecified atom stereocenters. The van der Waals surface area contributed by atoms with Crippen molar-refractivity contribution < 1.29 is 4.79 Å². The molecule has 90 valence electrons. The van der Waals surface area contributed by atoms with Gasteiger partial charge in [-0.25, -0.2) is 0 Å². The van der Waals surface area contributed by atoms with Gasteiger partial charge in [0.05, 0.1) is 6.07 Å². The van der Waals surface area contributed by atoms with Gasteiger partial charge in [-0.3, -0.25) is 4.79 Å². The van der Waals surface area contributed by atoms with Crippen molar-refractivity contribution in [1.29, 1.82) is 5.26 Å². The summed E-state index contributed by atoms with van der Waals surface area (Å²) in [5.74, 6) is 0.395. The molecule has 0 aromatic carbocycles. The van der Waals surface area contributed by atoms with Gasteiger partial charge in [0.25, 0.3) is 0 Å². The van der Waals surface area contributed by atoms with Gasteiger partial charge < -0.3 is 10.2 Å². The van der Waals surface area contributed by atoms with E-state index in [0.29, 0.717) is 6.42 Å². The summed E-state index contributed by atoms with van der Waals surface area (Å²) in [6.07, 6.45) is 3.45. The highest BCUT2D eigenvalue weighted by molar-refractivity contribution is 5.78. The van der Waals surface area contributed by atoms with Crippen LogP contribution in [0.5, 0.6) is 0 Å². The number of rotatable bonds is 5. The van der Waals surface area contributed by atoms with Crippen molar-refractivity contribution in [2.45, 2.75) is 32.6 Å². The van der Waals surface area contributed by atoms with Gasteiger partial charge in [-0.15, -0.1) is 0 Å². The van der Waals surface area contributed by atoms with E-state index in [1.54, 1.807) is 0 Å². The maximum absolute atomic E-state index is 11.7. The summed E-state index contributed by atoms with van der Waals surface area (Å²) in [4.78, 5) is 14.0. The normalized spacial score (nSPS) is 18.0.